The summed E-state index contributed by atoms with van der Waals surface area (Å²) in [7, 11) is 0. The number of anilines is 5. The van der Waals surface area contributed by atoms with Crippen molar-refractivity contribution in [1.29, 1.82) is 0 Å². The van der Waals surface area contributed by atoms with Gasteiger partial charge in [-0.15, -0.1) is 0 Å². The summed E-state index contributed by atoms with van der Waals surface area (Å²) in [6.07, 6.45) is 8.48. The van der Waals surface area contributed by atoms with Crippen LogP contribution >= 0.6 is 0 Å². The molecule has 48 heavy (non-hydrogen) atoms. The van der Waals surface area contributed by atoms with Gasteiger partial charge < -0.3 is 9.80 Å². The Kier molecular flexibility index (Phi) is 7.42. The number of fused-ring (bicyclic) bond motifs is 4. The Bertz CT molecular complexity index is 2190. The van der Waals surface area contributed by atoms with Crippen LogP contribution in [0.2, 0.25) is 0 Å². The van der Waals surface area contributed by atoms with Crippen LogP contribution in [0.25, 0.3) is 27.8 Å². The molecule has 0 fully saturated rings. The highest BCUT2D eigenvalue weighted by Gasteiger charge is 2.35. The molecule has 1 aliphatic carbocycles. The summed E-state index contributed by atoms with van der Waals surface area (Å²) >= 11 is 0. The van der Waals surface area contributed by atoms with E-state index in [4.69, 9.17) is 0 Å². The molecule has 0 spiro atoms. The van der Waals surface area contributed by atoms with Crippen molar-refractivity contribution in [2.24, 2.45) is 0 Å². The van der Waals surface area contributed by atoms with Crippen LogP contribution < -0.4 is 9.80 Å². The van der Waals surface area contributed by atoms with Crippen LogP contribution in [0.1, 0.15) is 30.5 Å². The fourth-order valence-corrected chi connectivity index (χ4v) is 7.32. The first-order valence-corrected chi connectivity index (χ1v) is 16.7. The number of hydrogen-bond acceptors (Lipinski definition) is 2. The third-order valence-corrected chi connectivity index (χ3v) is 9.83. The van der Waals surface area contributed by atoms with E-state index in [1.807, 2.05) is 0 Å². The van der Waals surface area contributed by atoms with E-state index >= 15 is 0 Å². The molecule has 0 N–H and O–H groups in total. The molecule has 232 valence electrons. The first-order chi connectivity index (χ1) is 23.5. The van der Waals surface area contributed by atoms with E-state index in [1.165, 1.54) is 33.4 Å². The third kappa shape index (κ3) is 5.16. The van der Waals surface area contributed by atoms with E-state index in [-0.39, 0.29) is 5.41 Å². The van der Waals surface area contributed by atoms with E-state index in [0.717, 1.165) is 46.1 Å². The second-order valence-electron chi connectivity index (χ2n) is 13.1. The van der Waals surface area contributed by atoms with Crippen molar-refractivity contribution in [2.45, 2.75) is 19.3 Å². The van der Waals surface area contributed by atoms with Crippen molar-refractivity contribution in [2.75, 3.05) is 16.3 Å². The molecule has 0 bridgehead atoms. The van der Waals surface area contributed by atoms with E-state index in [2.05, 4.69) is 200 Å². The van der Waals surface area contributed by atoms with Gasteiger partial charge in [-0.05, 0) is 99.6 Å². The standard InChI is InChI=1S/C46H38N2/c1-33-15-7-6-14-30-47(36-16-8-4-9-17-36)45-29-24-35(31-42(33)45)34-22-25-38(26-23-34)48(37-18-10-5-11-19-37)39-27-28-41-40-20-12-13-21-43(40)46(2,3)44(41)32-39/h4-29,31-32H,1,30H2,2-3H3/b14-6-,15-7-. The molecule has 0 unspecified atom stereocenters. The van der Waals surface area contributed by atoms with Gasteiger partial charge in [-0.1, -0.05) is 130 Å². The van der Waals surface area contributed by atoms with Crippen molar-refractivity contribution in [3.8, 4) is 22.3 Å². The predicted molar refractivity (Wildman–Crippen MR) is 205 cm³/mol. The van der Waals surface area contributed by atoms with E-state index in [9.17, 15) is 0 Å². The maximum absolute atomic E-state index is 4.46. The van der Waals surface area contributed by atoms with Crippen molar-refractivity contribution >= 4 is 34.0 Å². The molecule has 1 aliphatic heterocycles. The highest BCUT2D eigenvalue weighted by Crippen LogP contribution is 2.50. The van der Waals surface area contributed by atoms with Crippen molar-refractivity contribution in [3.63, 3.8) is 0 Å². The summed E-state index contributed by atoms with van der Waals surface area (Å²) < 4.78 is 0. The molecule has 0 amide bonds. The Morgan fingerprint density at radius 3 is 2.00 bits per heavy atom. The monoisotopic (exact) mass is 618 g/mol. The highest BCUT2D eigenvalue weighted by molar-refractivity contribution is 5.89. The van der Waals surface area contributed by atoms with Gasteiger partial charge in [-0.25, -0.2) is 0 Å². The van der Waals surface area contributed by atoms with Crippen LogP contribution in [-0.2, 0) is 5.41 Å². The van der Waals surface area contributed by atoms with Crippen LogP contribution in [0.15, 0.2) is 176 Å². The zero-order valence-electron chi connectivity index (χ0n) is 27.5. The molecule has 6 aromatic carbocycles. The first kappa shape index (κ1) is 29.5. The Hall–Kier alpha value is -5.86. The molecule has 1 heterocycles. The van der Waals surface area contributed by atoms with Gasteiger partial charge in [0.25, 0.3) is 0 Å². The molecule has 6 aromatic rings. The molecular weight excluding hydrogens is 581 g/mol. The Balaban J connectivity index is 1.18. The van der Waals surface area contributed by atoms with Gasteiger partial charge >= 0.3 is 0 Å². The normalized spacial score (nSPS) is 15.7. The summed E-state index contributed by atoms with van der Waals surface area (Å²) in [6.45, 7) is 9.92. The summed E-state index contributed by atoms with van der Waals surface area (Å²) in [6, 6.07) is 52.8. The zero-order chi connectivity index (χ0) is 32.7. The van der Waals surface area contributed by atoms with E-state index in [1.54, 1.807) is 0 Å². The fraction of sp³-hybridized carbons (Fsp3) is 0.0870. The minimum atomic E-state index is -0.0666. The van der Waals surface area contributed by atoms with Gasteiger partial charge in [-0.3, -0.25) is 0 Å². The smallest absolute Gasteiger partial charge is 0.0493 e. The topological polar surface area (TPSA) is 6.48 Å². The van der Waals surface area contributed by atoms with Gasteiger partial charge in [0.15, 0.2) is 0 Å². The van der Waals surface area contributed by atoms with Gasteiger partial charge in [0.2, 0.25) is 0 Å². The lowest BCUT2D eigenvalue weighted by atomic mass is 9.82. The Morgan fingerprint density at radius 1 is 0.562 bits per heavy atom. The van der Waals surface area contributed by atoms with Crippen LogP contribution in [0.5, 0.6) is 0 Å². The molecule has 0 aromatic heterocycles. The average molecular weight is 619 g/mol. The van der Waals surface area contributed by atoms with Crippen LogP contribution in [0.3, 0.4) is 0 Å². The lowest BCUT2D eigenvalue weighted by Crippen LogP contribution is -2.18. The van der Waals surface area contributed by atoms with Gasteiger partial charge in [0, 0.05) is 46.0 Å². The first-order valence-electron chi connectivity index (χ1n) is 16.7. The summed E-state index contributed by atoms with van der Waals surface area (Å²) in [5.41, 5.74) is 15.5. The molecule has 2 aliphatic rings. The Morgan fingerprint density at radius 2 is 1.21 bits per heavy atom. The number of allylic oxidation sites excluding steroid dienone is 4. The molecule has 0 saturated heterocycles. The lowest BCUT2D eigenvalue weighted by Gasteiger charge is -2.28. The number of benzene rings is 6. The quantitative estimate of drug-likeness (QED) is 0.190. The van der Waals surface area contributed by atoms with E-state index < -0.39 is 0 Å². The largest absolute Gasteiger partial charge is 0.337 e. The van der Waals surface area contributed by atoms with Crippen molar-refractivity contribution in [3.05, 3.63) is 193 Å². The number of rotatable bonds is 5. The minimum absolute atomic E-state index is 0.0666. The predicted octanol–water partition coefficient (Wildman–Crippen LogP) is 12.4. The number of hydrogen-bond donors (Lipinski definition) is 0. The zero-order valence-corrected chi connectivity index (χ0v) is 27.5. The lowest BCUT2D eigenvalue weighted by molar-refractivity contribution is 0.660. The molecule has 0 atom stereocenters. The number of para-hydroxylation sites is 2. The second-order valence-corrected chi connectivity index (χ2v) is 13.1. The molecule has 8 rings (SSSR count). The maximum Gasteiger partial charge on any atom is 0.0493 e. The van der Waals surface area contributed by atoms with Crippen molar-refractivity contribution < 1.29 is 0 Å². The summed E-state index contributed by atoms with van der Waals surface area (Å²) in [5.74, 6) is 0. The van der Waals surface area contributed by atoms with Crippen molar-refractivity contribution in [1.82, 2.24) is 0 Å². The molecule has 2 heteroatoms. The molecule has 0 saturated carbocycles. The SMILES string of the molecule is C=C1/C=C\C=C/CN(c2ccccc2)c2ccc(-c3ccc(N(c4ccccc4)c4ccc5c(c4)C(C)(C)c4ccccc4-5)cc3)cc21. The molecule has 2 nitrogen and oxygen atoms in total. The van der Waals surface area contributed by atoms with Gasteiger partial charge in [0.05, 0.1) is 0 Å². The van der Waals surface area contributed by atoms with Crippen LogP contribution in [0, 0.1) is 0 Å². The summed E-state index contributed by atoms with van der Waals surface area (Å²) in [4.78, 5) is 4.72. The number of nitrogens with zero attached hydrogens (tertiary/aromatic N) is 2. The minimum Gasteiger partial charge on any atom is -0.337 e. The van der Waals surface area contributed by atoms with E-state index in [0.29, 0.717) is 0 Å². The average Bonchev–Trinajstić information content (AvgIpc) is 3.40. The molecular formula is C46H38N2. The molecule has 0 radical (unpaired) electrons. The second kappa shape index (κ2) is 12.1. The Labute approximate surface area is 284 Å². The van der Waals surface area contributed by atoms with Crippen LogP contribution in [0.4, 0.5) is 28.4 Å². The maximum atomic E-state index is 4.46. The third-order valence-electron chi connectivity index (χ3n) is 9.83. The van der Waals surface area contributed by atoms with Gasteiger partial charge in [-0.2, -0.15) is 0 Å². The highest BCUT2D eigenvalue weighted by atomic mass is 15.1. The van der Waals surface area contributed by atoms with Gasteiger partial charge in [0.1, 0.15) is 0 Å². The summed E-state index contributed by atoms with van der Waals surface area (Å²) in [5, 5.41) is 0. The fourth-order valence-electron chi connectivity index (χ4n) is 7.32. The van der Waals surface area contributed by atoms with Crippen LogP contribution in [-0.4, -0.2) is 6.54 Å².